The van der Waals surface area contributed by atoms with E-state index in [1.807, 2.05) is 33.9 Å². The first-order chi connectivity index (χ1) is 23.7. The van der Waals surface area contributed by atoms with Gasteiger partial charge in [-0.05, 0) is 102 Å². The van der Waals surface area contributed by atoms with E-state index < -0.39 is 17.7 Å². The number of benzene rings is 1. The van der Waals surface area contributed by atoms with Crippen molar-refractivity contribution in [1.82, 2.24) is 19.9 Å². The monoisotopic (exact) mass is 681 g/mol. The second-order valence-electron chi connectivity index (χ2n) is 16.9. The highest BCUT2D eigenvalue weighted by Gasteiger charge is 2.40. The van der Waals surface area contributed by atoms with Gasteiger partial charge in [-0.2, -0.15) is 4.98 Å². The van der Waals surface area contributed by atoms with Gasteiger partial charge >= 0.3 is 5.97 Å². The summed E-state index contributed by atoms with van der Waals surface area (Å²) in [6.45, 7) is 19.8. The first kappa shape index (κ1) is 34.7. The number of pyridine rings is 1. The number of likely N-dealkylation sites (tertiary alicyclic amines) is 1. The molecule has 0 aliphatic carbocycles. The first-order valence-corrected chi connectivity index (χ1v) is 18.5. The topological polar surface area (TPSA) is 98.2 Å². The van der Waals surface area contributed by atoms with Crippen molar-refractivity contribution in [3.05, 3.63) is 58.5 Å². The van der Waals surface area contributed by atoms with Crippen molar-refractivity contribution >= 4 is 23.4 Å². The van der Waals surface area contributed by atoms with Crippen molar-refractivity contribution in [2.75, 3.05) is 54.5 Å². The third-order valence-corrected chi connectivity index (χ3v) is 11.3. The molecule has 0 amide bonds. The molecule has 10 nitrogen and oxygen atoms in total. The fourth-order valence-electron chi connectivity index (χ4n) is 8.76. The molecule has 7 rings (SSSR count). The number of aromatic nitrogens is 3. The Hall–Kier alpha value is -3.76. The lowest BCUT2D eigenvalue weighted by Gasteiger charge is -2.41. The lowest BCUT2D eigenvalue weighted by Crippen LogP contribution is -2.52. The number of aryl methyl sites for hydroxylation is 2. The molecular formula is C40H55N7O3. The Balaban J connectivity index is 1.23. The van der Waals surface area contributed by atoms with Crippen molar-refractivity contribution in [2.45, 2.75) is 111 Å². The summed E-state index contributed by atoms with van der Waals surface area (Å²) in [4.78, 5) is 37.5. The molecule has 1 N–H and O–H groups in total. The van der Waals surface area contributed by atoms with Crippen LogP contribution < -0.4 is 14.7 Å². The third-order valence-electron chi connectivity index (χ3n) is 11.3. The Kier molecular flexibility index (Phi) is 9.08. The molecule has 268 valence electrons. The molecule has 3 fully saturated rings. The summed E-state index contributed by atoms with van der Waals surface area (Å²) < 4.78 is 6.29. The second kappa shape index (κ2) is 13.1. The standard InChI is InChI=1S/C40H55N7O3/c1-25-33(35(45-19-15-40(6,7)16-20-45)34(26(2)42-25)36(37(48)49)50-39(3,4)5)28-9-10-29-22-46(18-14-27(29)21-28)38-41-17-13-32(43-38)47-30-11-12-31(47)24-44(8)23-30/h9-10,13,17,21,30-31,36H,11-12,14-16,18-20,22-24H2,1-8H3,(H,48,49). The van der Waals surface area contributed by atoms with Crippen molar-refractivity contribution in [1.29, 1.82) is 0 Å². The molecule has 4 aliphatic heterocycles. The Morgan fingerprint density at radius 2 is 1.66 bits per heavy atom. The lowest BCUT2D eigenvalue weighted by molar-refractivity contribution is -0.160. The minimum atomic E-state index is -1.13. The predicted molar refractivity (Wildman–Crippen MR) is 199 cm³/mol. The summed E-state index contributed by atoms with van der Waals surface area (Å²) in [6.07, 6.45) is 6.18. The highest BCUT2D eigenvalue weighted by molar-refractivity contribution is 5.88. The van der Waals surface area contributed by atoms with Crippen LogP contribution in [0.5, 0.6) is 0 Å². The van der Waals surface area contributed by atoms with Crippen LogP contribution in [0.25, 0.3) is 11.1 Å². The van der Waals surface area contributed by atoms with E-state index in [0.717, 1.165) is 92.8 Å². The number of hydrogen-bond acceptors (Lipinski definition) is 9. The number of piperazine rings is 1. The SMILES string of the molecule is Cc1nc(C)c(C(OC(C)(C)C)C(=O)O)c(N2CCC(C)(C)CC2)c1-c1ccc2c(c1)CCN(c1nccc(N3C4CCC3CN(C)C4)n1)C2. The number of hydrogen-bond donors (Lipinski definition) is 1. The molecule has 4 aliphatic rings. The highest BCUT2D eigenvalue weighted by atomic mass is 16.5. The van der Waals surface area contributed by atoms with E-state index in [1.54, 1.807) is 0 Å². The van der Waals surface area contributed by atoms with Gasteiger partial charge in [0.2, 0.25) is 5.95 Å². The van der Waals surface area contributed by atoms with E-state index in [-0.39, 0.29) is 5.41 Å². The number of carboxylic acids is 1. The summed E-state index contributed by atoms with van der Waals surface area (Å²) in [5.41, 5.74) is 7.51. The summed E-state index contributed by atoms with van der Waals surface area (Å²) in [5, 5.41) is 10.6. The molecule has 3 atom stereocenters. The lowest BCUT2D eigenvalue weighted by atomic mass is 9.81. The van der Waals surface area contributed by atoms with Crippen molar-refractivity contribution in [3.63, 3.8) is 0 Å². The summed E-state index contributed by atoms with van der Waals surface area (Å²) in [5.74, 6) is 0.863. The predicted octanol–water partition coefficient (Wildman–Crippen LogP) is 6.57. The largest absolute Gasteiger partial charge is 0.479 e. The molecule has 0 saturated carbocycles. The molecule has 10 heteroatoms. The quantitative estimate of drug-likeness (QED) is 0.295. The van der Waals surface area contributed by atoms with Crippen LogP contribution >= 0.6 is 0 Å². The Morgan fingerprint density at radius 1 is 0.960 bits per heavy atom. The average Bonchev–Trinajstić information content (AvgIpc) is 3.33. The fourth-order valence-corrected chi connectivity index (χ4v) is 8.76. The average molecular weight is 682 g/mol. The number of nitrogens with zero attached hydrogens (tertiary/aromatic N) is 7. The number of ether oxygens (including phenoxy) is 1. The molecule has 3 aromatic rings. The number of carbonyl (C=O) groups is 1. The Bertz CT molecular complexity index is 1740. The van der Waals surface area contributed by atoms with Crippen LogP contribution in [0.1, 0.15) is 94.5 Å². The minimum Gasteiger partial charge on any atom is -0.479 e. The summed E-state index contributed by atoms with van der Waals surface area (Å²) >= 11 is 0. The van der Waals surface area contributed by atoms with Gasteiger partial charge in [-0.3, -0.25) is 4.98 Å². The third kappa shape index (κ3) is 6.81. The van der Waals surface area contributed by atoms with E-state index in [0.29, 0.717) is 23.3 Å². The van der Waals surface area contributed by atoms with E-state index >= 15 is 0 Å². The van der Waals surface area contributed by atoms with E-state index in [2.05, 4.69) is 71.7 Å². The van der Waals surface area contributed by atoms with Gasteiger partial charge in [-0.25, -0.2) is 9.78 Å². The number of fused-ring (bicyclic) bond motifs is 3. The van der Waals surface area contributed by atoms with Crippen LogP contribution in [0.15, 0.2) is 30.5 Å². The van der Waals surface area contributed by atoms with Crippen molar-refractivity contribution in [2.24, 2.45) is 5.41 Å². The van der Waals surface area contributed by atoms with Gasteiger partial charge in [0.05, 0.1) is 11.3 Å². The number of carboxylic acid groups (broad SMARTS) is 1. The van der Waals surface area contributed by atoms with Crippen LogP contribution in [0, 0.1) is 19.3 Å². The maximum atomic E-state index is 12.9. The number of likely N-dealkylation sites (N-methyl/N-ethyl adjacent to an activating group) is 1. The molecular weight excluding hydrogens is 626 g/mol. The van der Waals surface area contributed by atoms with Gasteiger partial charge in [-0.15, -0.1) is 0 Å². The van der Waals surface area contributed by atoms with Crippen LogP contribution in [-0.2, 0) is 22.5 Å². The summed E-state index contributed by atoms with van der Waals surface area (Å²) in [6, 6.07) is 9.88. The van der Waals surface area contributed by atoms with E-state index in [9.17, 15) is 9.90 Å². The summed E-state index contributed by atoms with van der Waals surface area (Å²) in [7, 11) is 2.23. The molecule has 0 radical (unpaired) electrons. The van der Waals surface area contributed by atoms with Gasteiger partial charge in [0.1, 0.15) is 5.82 Å². The maximum absolute atomic E-state index is 12.9. The molecule has 2 bridgehead atoms. The van der Waals surface area contributed by atoms with Gasteiger partial charge in [-0.1, -0.05) is 32.0 Å². The smallest absolute Gasteiger partial charge is 0.337 e. The van der Waals surface area contributed by atoms with Crippen LogP contribution in [-0.4, -0.2) is 88.4 Å². The van der Waals surface area contributed by atoms with Crippen LogP contribution in [0.4, 0.5) is 17.5 Å². The maximum Gasteiger partial charge on any atom is 0.337 e. The molecule has 0 spiro atoms. The minimum absolute atomic E-state index is 0.243. The van der Waals surface area contributed by atoms with Gasteiger partial charge < -0.3 is 29.4 Å². The van der Waals surface area contributed by atoms with Crippen LogP contribution in [0.3, 0.4) is 0 Å². The van der Waals surface area contributed by atoms with Gasteiger partial charge in [0, 0.05) is 80.1 Å². The number of aliphatic carboxylic acids is 1. The first-order valence-electron chi connectivity index (χ1n) is 18.5. The fraction of sp³-hybridized carbons (Fsp3) is 0.600. The number of piperidine rings is 1. The zero-order chi connectivity index (χ0) is 35.5. The molecule has 3 saturated heterocycles. The van der Waals surface area contributed by atoms with Crippen molar-refractivity contribution < 1.29 is 14.6 Å². The van der Waals surface area contributed by atoms with Crippen LogP contribution in [0.2, 0.25) is 0 Å². The zero-order valence-electron chi connectivity index (χ0n) is 31.3. The number of anilines is 3. The molecule has 50 heavy (non-hydrogen) atoms. The van der Waals surface area contributed by atoms with Gasteiger partial charge in [0.15, 0.2) is 6.10 Å². The zero-order valence-corrected chi connectivity index (χ0v) is 31.3. The molecule has 1 aromatic carbocycles. The van der Waals surface area contributed by atoms with Gasteiger partial charge in [0.25, 0.3) is 0 Å². The highest BCUT2D eigenvalue weighted by Crippen LogP contribution is 2.45. The molecule has 3 unspecified atom stereocenters. The molecule has 6 heterocycles. The Morgan fingerprint density at radius 3 is 2.32 bits per heavy atom. The number of rotatable bonds is 7. The van der Waals surface area contributed by atoms with E-state index in [4.69, 9.17) is 19.7 Å². The second-order valence-corrected chi connectivity index (χ2v) is 16.9. The molecule has 2 aromatic heterocycles. The normalized spacial score (nSPS) is 22.8. The van der Waals surface area contributed by atoms with Crippen molar-refractivity contribution in [3.8, 4) is 11.1 Å². The van der Waals surface area contributed by atoms with E-state index in [1.165, 1.54) is 24.0 Å². The Labute approximate surface area is 297 Å².